The van der Waals surface area contributed by atoms with Gasteiger partial charge in [0, 0.05) is 12.7 Å². The molecule has 4 nitrogen and oxygen atoms in total. The van der Waals surface area contributed by atoms with E-state index in [2.05, 4.69) is 10.3 Å². The predicted octanol–water partition coefficient (Wildman–Crippen LogP) is 3.25. The monoisotopic (exact) mass is 273 g/mol. The molecule has 0 fully saturated rings. The Kier molecular flexibility index (Phi) is 4.60. The number of rotatable bonds is 5. The summed E-state index contributed by atoms with van der Waals surface area (Å²) in [5.41, 5.74) is 1.89. The van der Waals surface area contributed by atoms with Crippen molar-refractivity contribution in [2.45, 2.75) is 6.54 Å². The van der Waals surface area contributed by atoms with Gasteiger partial charge >= 0.3 is 0 Å². The molecule has 0 aliphatic carbocycles. The van der Waals surface area contributed by atoms with Crippen LogP contribution in [-0.2, 0) is 6.54 Å². The summed E-state index contributed by atoms with van der Waals surface area (Å²) in [5.74, 6) is 0.685. The molecule has 0 unspecified atom stereocenters. The highest BCUT2D eigenvalue weighted by molar-refractivity contribution is 6.33. The predicted molar refractivity (Wildman–Crippen MR) is 74.1 cm³/mol. The number of ether oxygens (including phenoxy) is 1. The number of hydrogen-bond donors (Lipinski definition) is 1. The number of halogens is 1. The van der Waals surface area contributed by atoms with Crippen LogP contribution in [0, 0.1) is 11.3 Å². The molecular weight excluding hydrogens is 262 g/mol. The molecule has 1 aromatic carbocycles. The molecule has 5 heteroatoms. The average molecular weight is 274 g/mol. The lowest BCUT2D eigenvalue weighted by atomic mass is 10.2. The maximum absolute atomic E-state index is 8.42. The van der Waals surface area contributed by atoms with E-state index >= 15 is 0 Å². The zero-order chi connectivity index (χ0) is 13.5. The first-order valence-electron chi connectivity index (χ1n) is 5.71. The Morgan fingerprint density at radius 2 is 2.05 bits per heavy atom. The summed E-state index contributed by atoms with van der Waals surface area (Å²) < 4.78 is 5.18. The van der Waals surface area contributed by atoms with E-state index in [9.17, 15) is 0 Å². The van der Waals surface area contributed by atoms with E-state index in [1.54, 1.807) is 18.5 Å². The van der Waals surface area contributed by atoms with E-state index in [0.717, 1.165) is 11.3 Å². The summed E-state index contributed by atoms with van der Waals surface area (Å²) in [5, 5.41) is 12.3. The van der Waals surface area contributed by atoms with Crippen molar-refractivity contribution in [3.05, 3.63) is 53.3 Å². The van der Waals surface area contributed by atoms with Crippen molar-refractivity contribution in [3.63, 3.8) is 0 Å². The van der Waals surface area contributed by atoms with Gasteiger partial charge in [-0.05, 0) is 23.8 Å². The van der Waals surface area contributed by atoms with E-state index in [4.69, 9.17) is 21.6 Å². The second-order valence-corrected chi connectivity index (χ2v) is 4.21. The molecule has 0 saturated carbocycles. The molecule has 0 radical (unpaired) electrons. The smallest absolute Gasteiger partial charge is 0.174 e. The van der Waals surface area contributed by atoms with Gasteiger partial charge in [0.05, 0.1) is 16.9 Å². The zero-order valence-corrected chi connectivity index (χ0v) is 10.9. The van der Waals surface area contributed by atoms with Crippen molar-refractivity contribution >= 4 is 17.3 Å². The molecule has 1 N–H and O–H groups in total. The molecular formula is C14H12ClN3O. The zero-order valence-electron chi connectivity index (χ0n) is 10.1. The molecule has 0 aliphatic rings. The van der Waals surface area contributed by atoms with E-state index in [-0.39, 0.29) is 6.61 Å². The van der Waals surface area contributed by atoms with Gasteiger partial charge in [-0.25, -0.2) is 0 Å². The van der Waals surface area contributed by atoms with E-state index in [1.165, 1.54) is 0 Å². The van der Waals surface area contributed by atoms with Gasteiger partial charge in [-0.15, -0.1) is 0 Å². The highest BCUT2D eigenvalue weighted by Crippen LogP contribution is 2.20. The van der Waals surface area contributed by atoms with Crippen LogP contribution in [0.5, 0.6) is 5.75 Å². The van der Waals surface area contributed by atoms with Crippen molar-refractivity contribution in [1.82, 2.24) is 4.98 Å². The topological polar surface area (TPSA) is 57.9 Å². The molecule has 0 spiro atoms. The number of pyridine rings is 1. The molecule has 2 aromatic rings. The number of hydrogen-bond acceptors (Lipinski definition) is 4. The SMILES string of the molecule is N#CCOc1ccc(CNc2cnccc2Cl)cc1. The van der Waals surface area contributed by atoms with Crippen molar-refractivity contribution in [2.75, 3.05) is 11.9 Å². The van der Waals surface area contributed by atoms with Crippen LogP contribution in [0.15, 0.2) is 42.7 Å². The van der Waals surface area contributed by atoms with Gasteiger partial charge in [-0.3, -0.25) is 4.98 Å². The van der Waals surface area contributed by atoms with Crippen LogP contribution in [-0.4, -0.2) is 11.6 Å². The van der Waals surface area contributed by atoms with Gasteiger partial charge < -0.3 is 10.1 Å². The number of nitriles is 1. The normalized spacial score (nSPS) is 9.68. The average Bonchev–Trinajstić information content (AvgIpc) is 2.45. The Hall–Kier alpha value is -2.25. The second-order valence-electron chi connectivity index (χ2n) is 3.80. The standard InChI is InChI=1S/C14H12ClN3O/c15-13-5-7-17-10-14(13)18-9-11-1-3-12(4-2-11)19-8-6-16/h1-5,7,10,18H,8-9H2. The van der Waals surface area contributed by atoms with Crippen LogP contribution in [0.25, 0.3) is 0 Å². The third-order valence-corrected chi connectivity index (χ3v) is 2.81. The summed E-state index contributed by atoms with van der Waals surface area (Å²) in [6.07, 6.45) is 3.33. The van der Waals surface area contributed by atoms with Crippen LogP contribution in [0.2, 0.25) is 5.02 Å². The molecule has 0 atom stereocenters. The Labute approximate surface area is 116 Å². The minimum Gasteiger partial charge on any atom is -0.479 e. The van der Waals surface area contributed by atoms with Gasteiger partial charge in [0.25, 0.3) is 0 Å². The lowest BCUT2D eigenvalue weighted by molar-refractivity contribution is 0.368. The summed E-state index contributed by atoms with van der Waals surface area (Å²) >= 11 is 6.02. The van der Waals surface area contributed by atoms with E-state index in [0.29, 0.717) is 17.3 Å². The third-order valence-electron chi connectivity index (χ3n) is 2.48. The molecule has 96 valence electrons. The maximum atomic E-state index is 8.42. The Balaban J connectivity index is 1.93. The lowest BCUT2D eigenvalue weighted by Crippen LogP contribution is -2.00. The summed E-state index contributed by atoms with van der Waals surface area (Å²) in [6.45, 7) is 0.701. The number of anilines is 1. The lowest BCUT2D eigenvalue weighted by Gasteiger charge is -2.08. The Bertz CT molecular complexity index is 578. The molecule has 0 saturated heterocycles. The number of nitrogens with one attached hydrogen (secondary N) is 1. The van der Waals surface area contributed by atoms with Gasteiger partial charge in [-0.1, -0.05) is 23.7 Å². The fourth-order valence-electron chi connectivity index (χ4n) is 1.52. The fourth-order valence-corrected chi connectivity index (χ4v) is 1.70. The van der Waals surface area contributed by atoms with Crippen molar-refractivity contribution < 1.29 is 4.74 Å². The molecule has 1 aromatic heterocycles. The first-order chi connectivity index (χ1) is 9.29. The number of benzene rings is 1. The Morgan fingerprint density at radius 3 is 2.74 bits per heavy atom. The quantitative estimate of drug-likeness (QED) is 0.908. The van der Waals surface area contributed by atoms with Crippen LogP contribution in [0.3, 0.4) is 0 Å². The molecule has 19 heavy (non-hydrogen) atoms. The second kappa shape index (κ2) is 6.62. The van der Waals surface area contributed by atoms with Gasteiger partial charge in [0.2, 0.25) is 0 Å². The van der Waals surface area contributed by atoms with Crippen molar-refractivity contribution in [2.24, 2.45) is 0 Å². The van der Waals surface area contributed by atoms with Gasteiger partial charge in [0.15, 0.2) is 6.61 Å². The molecule has 1 heterocycles. The number of nitrogens with zero attached hydrogens (tertiary/aromatic N) is 2. The van der Waals surface area contributed by atoms with E-state index in [1.807, 2.05) is 30.3 Å². The first kappa shape index (κ1) is 13.2. The summed E-state index contributed by atoms with van der Waals surface area (Å²) in [7, 11) is 0. The van der Waals surface area contributed by atoms with Crippen LogP contribution in [0.1, 0.15) is 5.56 Å². The van der Waals surface area contributed by atoms with Crippen LogP contribution in [0.4, 0.5) is 5.69 Å². The molecule has 0 bridgehead atoms. The van der Waals surface area contributed by atoms with Gasteiger partial charge in [0.1, 0.15) is 11.8 Å². The Morgan fingerprint density at radius 1 is 1.26 bits per heavy atom. The third kappa shape index (κ3) is 3.87. The maximum Gasteiger partial charge on any atom is 0.174 e. The first-order valence-corrected chi connectivity index (χ1v) is 6.09. The highest BCUT2D eigenvalue weighted by atomic mass is 35.5. The van der Waals surface area contributed by atoms with Crippen molar-refractivity contribution in [3.8, 4) is 11.8 Å². The minimum atomic E-state index is 0.0584. The summed E-state index contributed by atoms with van der Waals surface area (Å²) in [6, 6.07) is 11.2. The molecule has 2 rings (SSSR count). The highest BCUT2D eigenvalue weighted by Gasteiger charge is 2.00. The molecule has 0 aliphatic heterocycles. The van der Waals surface area contributed by atoms with Crippen molar-refractivity contribution in [1.29, 1.82) is 5.26 Å². The fraction of sp³-hybridized carbons (Fsp3) is 0.143. The minimum absolute atomic E-state index is 0.0584. The summed E-state index contributed by atoms with van der Waals surface area (Å²) in [4.78, 5) is 4.01. The van der Waals surface area contributed by atoms with Crippen LogP contribution < -0.4 is 10.1 Å². The number of aromatic nitrogens is 1. The van der Waals surface area contributed by atoms with Gasteiger partial charge in [-0.2, -0.15) is 5.26 Å². The largest absolute Gasteiger partial charge is 0.479 e. The van der Waals surface area contributed by atoms with E-state index < -0.39 is 0 Å². The van der Waals surface area contributed by atoms with Crippen LogP contribution >= 0.6 is 11.6 Å². The molecule has 0 amide bonds.